The normalized spacial score (nSPS) is 18.2. The van der Waals surface area contributed by atoms with E-state index >= 15 is 0 Å². The van der Waals surface area contributed by atoms with Crippen LogP contribution in [0, 0.1) is 5.92 Å². The van der Waals surface area contributed by atoms with Gasteiger partial charge in [-0.15, -0.1) is 0 Å². The molecule has 6 nitrogen and oxygen atoms in total. The Morgan fingerprint density at radius 1 is 1.23 bits per heavy atom. The Balaban J connectivity index is 1.67. The lowest BCUT2D eigenvalue weighted by atomic mass is 9.98. The second kappa shape index (κ2) is 9.57. The fraction of sp³-hybridized carbons (Fsp3) is 0.600. The first-order valence-corrected chi connectivity index (χ1v) is 9.36. The summed E-state index contributed by atoms with van der Waals surface area (Å²) in [6.07, 6.45) is 2.28. The van der Waals surface area contributed by atoms with E-state index < -0.39 is 5.60 Å². The van der Waals surface area contributed by atoms with Gasteiger partial charge in [0.15, 0.2) is 0 Å². The predicted octanol–water partition coefficient (Wildman–Crippen LogP) is 3.25. The van der Waals surface area contributed by atoms with E-state index in [1.54, 1.807) is 0 Å². The number of nitrogens with zero attached hydrogens (tertiary/aromatic N) is 1. The van der Waals surface area contributed by atoms with Gasteiger partial charge in [0.1, 0.15) is 5.60 Å². The van der Waals surface area contributed by atoms with Crippen LogP contribution < -0.4 is 10.6 Å². The van der Waals surface area contributed by atoms with Gasteiger partial charge in [-0.3, -0.25) is 4.79 Å². The van der Waals surface area contributed by atoms with E-state index in [9.17, 15) is 9.59 Å². The number of alkyl carbamates (subject to hydrolysis) is 1. The second-order valence-electron chi connectivity index (χ2n) is 7.86. The van der Waals surface area contributed by atoms with Gasteiger partial charge in [-0.1, -0.05) is 18.2 Å². The largest absolute Gasteiger partial charge is 0.444 e. The van der Waals surface area contributed by atoms with Gasteiger partial charge in [-0.25, -0.2) is 4.79 Å². The van der Waals surface area contributed by atoms with Crippen molar-refractivity contribution >= 4 is 17.7 Å². The topological polar surface area (TPSA) is 70.7 Å². The molecule has 1 aromatic carbocycles. The van der Waals surface area contributed by atoms with Crippen molar-refractivity contribution in [3.63, 3.8) is 0 Å². The van der Waals surface area contributed by atoms with Crippen LogP contribution in [0.1, 0.15) is 40.0 Å². The maximum absolute atomic E-state index is 12.1. The van der Waals surface area contributed by atoms with Crippen LogP contribution in [-0.2, 0) is 9.53 Å². The first-order valence-electron chi connectivity index (χ1n) is 9.36. The molecule has 0 aromatic heterocycles. The Labute approximate surface area is 156 Å². The highest BCUT2D eigenvalue weighted by Gasteiger charge is 2.22. The van der Waals surface area contributed by atoms with Gasteiger partial charge < -0.3 is 20.3 Å². The van der Waals surface area contributed by atoms with Crippen molar-refractivity contribution in [3.8, 4) is 0 Å². The third-order valence-corrected chi connectivity index (χ3v) is 4.25. The molecular weight excluding hydrogens is 330 g/mol. The smallest absolute Gasteiger partial charge is 0.407 e. The lowest BCUT2D eigenvalue weighted by Gasteiger charge is -2.32. The average Bonchev–Trinajstić information content (AvgIpc) is 2.58. The number of benzene rings is 1. The molecule has 1 aliphatic heterocycles. The molecule has 0 bridgehead atoms. The number of rotatable bonds is 6. The van der Waals surface area contributed by atoms with E-state index in [1.165, 1.54) is 0 Å². The molecule has 6 heteroatoms. The van der Waals surface area contributed by atoms with E-state index in [1.807, 2.05) is 51.1 Å². The first-order chi connectivity index (χ1) is 12.3. The molecule has 1 atom stereocenters. The van der Waals surface area contributed by atoms with Crippen LogP contribution in [0.2, 0.25) is 0 Å². The summed E-state index contributed by atoms with van der Waals surface area (Å²) in [5.41, 5.74) is 0.352. The quantitative estimate of drug-likeness (QED) is 0.816. The van der Waals surface area contributed by atoms with Crippen molar-refractivity contribution in [2.24, 2.45) is 5.92 Å². The SMILES string of the molecule is CC(C)(C)OC(=O)NCC1CCCN(CCC(=O)Nc2ccccc2)C1. The lowest BCUT2D eigenvalue weighted by Crippen LogP contribution is -2.42. The zero-order valence-electron chi connectivity index (χ0n) is 16.1. The van der Waals surface area contributed by atoms with E-state index in [4.69, 9.17) is 4.74 Å². The Kier molecular flexibility index (Phi) is 7.45. The number of piperidine rings is 1. The minimum absolute atomic E-state index is 0.0326. The van der Waals surface area contributed by atoms with Crippen LogP contribution in [0.25, 0.3) is 0 Å². The van der Waals surface area contributed by atoms with Crippen molar-refractivity contribution in [3.05, 3.63) is 30.3 Å². The number of amides is 2. The summed E-state index contributed by atoms with van der Waals surface area (Å²) in [7, 11) is 0. The number of carbonyl (C=O) groups is 2. The third kappa shape index (κ3) is 7.87. The molecule has 1 aromatic rings. The fourth-order valence-electron chi connectivity index (χ4n) is 3.07. The van der Waals surface area contributed by atoms with Gasteiger partial charge in [0.05, 0.1) is 0 Å². The molecule has 0 aliphatic carbocycles. The Morgan fingerprint density at radius 2 is 1.96 bits per heavy atom. The van der Waals surface area contributed by atoms with Gasteiger partial charge in [-0.05, 0) is 58.2 Å². The first kappa shape index (κ1) is 20.2. The summed E-state index contributed by atoms with van der Waals surface area (Å²) in [4.78, 5) is 26.1. The Hall–Kier alpha value is -2.08. The van der Waals surface area contributed by atoms with Crippen LogP contribution in [-0.4, -0.2) is 48.7 Å². The third-order valence-electron chi connectivity index (χ3n) is 4.25. The van der Waals surface area contributed by atoms with Crippen molar-refractivity contribution in [2.75, 3.05) is 31.5 Å². The maximum Gasteiger partial charge on any atom is 0.407 e. The molecule has 26 heavy (non-hydrogen) atoms. The molecule has 0 saturated carbocycles. The monoisotopic (exact) mass is 361 g/mol. The molecule has 2 amide bonds. The van der Waals surface area contributed by atoms with Crippen molar-refractivity contribution in [1.29, 1.82) is 0 Å². The zero-order chi connectivity index (χ0) is 19.0. The molecule has 1 saturated heterocycles. The molecule has 1 unspecified atom stereocenters. The number of hydrogen-bond acceptors (Lipinski definition) is 4. The highest BCUT2D eigenvalue weighted by Crippen LogP contribution is 2.16. The summed E-state index contributed by atoms with van der Waals surface area (Å²) in [5.74, 6) is 0.429. The number of para-hydroxylation sites is 1. The molecular formula is C20H31N3O3. The predicted molar refractivity (Wildman–Crippen MR) is 103 cm³/mol. The average molecular weight is 361 g/mol. The molecule has 2 rings (SSSR count). The summed E-state index contributed by atoms with van der Waals surface area (Å²) in [5, 5.41) is 5.78. The van der Waals surface area contributed by atoms with Crippen molar-refractivity contribution in [2.45, 2.75) is 45.6 Å². The number of anilines is 1. The molecule has 144 valence electrons. The van der Waals surface area contributed by atoms with Crippen LogP contribution in [0.15, 0.2) is 30.3 Å². The zero-order valence-corrected chi connectivity index (χ0v) is 16.1. The fourth-order valence-corrected chi connectivity index (χ4v) is 3.07. The van der Waals surface area contributed by atoms with E-state index in [-0.39, 0.29) is 12.0 Å². The van der Waals surface area contributed by atoms with Crippen LogP contribution in [0.3, 0.4) is 0 Å². The van der Waals surface area contributed by atoms with Gasteiger partial charge in [-0.2, -0.15) is 0 Å². The minimum Gasteiger partial charge on any atom is -0.444 e. The van der Waals surface area contributed by atoms with Gasteiger partial charge in [0, 0.05) is 31.7 Å². The number of ether oxygens (including phenoxy) is 1. The number of nitrogens with one attached hydrogen (secondary N) is 2. The van der Waals surface area contributed by atoms with Crippen LogP contribution in [0.5, 0.6) is 0 Å². The minimum atomic E-state index is -0.477. The Bertz CT molecular complexity index is 584. The molecule has 0 radical (unpaired) electrons. The van der Waals surface area contributed by atoms with Crippen molar-refractivity contribution < 1.29 is 14.3 Å². The maximum atomic E-state index is 12.1. The second-order valence-corrected chi connectivity index (χ2v) is 7.86. The molecule has 0 spiro atoms. The summed E-state index contributed by atoms with van der Waals surface area (Å²) in [6.45, 7) is 8.82. The van der Waals surface area contributed by atoms with E-state index in [0.717, 1.165) is 38.2 Å². The highest BCUT2D eigenvalue weighted by atomic mass is 16.6. The summed E-state index contributed by atoms with van der Waals surface area (Å²) in [6, 6.07) is 9.51. The molecule has 1 aliphatic rings. The van der Waals surface area contributed by atoms with E-state index in [2.05, 4.69) is 15.5 Å². The number of carbonyl (C=O) groups excluding carboxylic acids is 2. The van der Waals surface area contributed by atoms with E-state index in [0.29, 0.717) is 18.9 Å². The summed E-state index contributed by atoms with van der Waals surface area (Å²) >= 11 is 0. The Morgan fingerprint density at radius 3 is 2.65 bits per heavy atom. The highest BCUT2D eigenvalue weighted by molar-refractivity contribution is 5.90. The standard InChI is InChI=1S/C20H31N3O3/c1-20(2,3)26-19(25)21-14-16-8-7-12-23(15-16)13-11-18(24)22-17-9-5-4-6-10-17/h4-6,9-10,16H,7-8,11-15H2,1-3H3,(H,21,25)(H,22,24). The molecule has 1 fully saturated rings. The number of likely N-dealkylation sites (tertiary alicyclic amines) is 1. The van der Waals surface area contributed by atoms with Gasteiger partial charge in [0.25, 0.3) is 0 Å². The molecule has 1 heterocycles. The number of hydrogen-bond donors (Lipinski definition) is 2. The molecule has 2 N–H and O–H groups in total. The van der Waals surface area contributed by atoms with Crippen LogP contribution >= 0.6 is 0 Å². The lowest BCUT2D eigenvalue weighted by molar-refractivity contribution is -0.116. The van der Waals surface area contributed by atoms with Gasteiger partial charge >= 0.3 is 6.09 Å². The van der Waals surface area contributed by atoms with Crippen LogP contribution in [0.4, 0.5) is 10.5 Å². The van der Waals surface area contributed by atoms with Crippen molar-refractivity contribution in [1.82, 2.24) is 10.2 Å². The van der Waals surface area contributed by atoms with Gasteiger partial charge in [0.2, 0.25) is 5.91 Å². The summed E-state index contributed by atoms with van der Waals surface area (Å²) < 4.78 is 5.27.